The zero-order chi connectivity index (χ0) is 17.5. The summed E-state index contributed by atoms with van der Waals surface area (Å²) in [5.41, 5.74) is 1.63. The number of hydrogen-bond donors (Lipinski definition) is 0. The number of carbonyl (C=O) groups excluding carboxylic acids is 1. The molecule has 0 N–H and O–H groups in total. The van der Waals surface area contributed by atoms with E-state index in [0.717, 1.165) is 32.0 Å². The van der Waals surface area contributed by atoms with E-state index in [1.54, 1.807) is 24.9 Å². The maximum atomic E-state index is 12.6. The minimum atomic E-state index is -0.00615. The van der Waals surface area contributed by atoms with Gasteiger partial charge in [0, 0.05) is 68.1 Å². The third-order valence-electron chi connectivity index (χ3n) is 6.08. The average Bonchev–Trinajstić information content (AvgIpc) is 3.20. The molecule has 1 aliphatic carbocycles. The van der Waals surface area contributed by atoms with Crippen LogP contribution in [0.3, 0.4) is 0 Å². The number of anilines is 1. The Balaban J connectivity index is 1.25. The average molecular weight is 350 g/mol. The molecule has 4 heterocycles. The van der Waals surface area contributed by atoms with Gasteiger partial charge in [-0.25, -0.2) is 15.0 Å². The van der Waals surface area contributed by atoms with Crippen LogP contribution < -0.4 is 4.90 Å². The second kappa shape index (κ2) is 6.30. The minimum absolute atomic E-state index is 0.00615. The molecule has 0 spiro atoms. The highest BCUT2D eigenvalue weighted by Crippen LogP contribution is 2.37. The SMILES string of the molecule is O=C(c1cnccn1)N1CC2CN(c3cc(C4CCC4)ncn3)CC2C1. The molecule has 7 heteroatoms. The highest BCUT2D eigenvalue weighted by atomic mass is 16.2. The third kappa shape index (κ3) is 2.71. The molecular weight excluding hydrogens is 328 g/mol. The molecular formula is C19H22N6O. The monoisotopic (exact) mass is 350 g/mol. The Kier molecular flexibility index (Phi) is 3.80. The van der Waals surface area contributed by atoms with Gasteiger partial charge in [0.1, 0.15) is 17.8 Å². The molecule has 5 rings (SSSR count). The zero-order valence-corrected chi connectivity index (χ0v) is 14.7. The summed E-state index contributed by atoms with van der Waals surface area (Å²) in [6, 6.07) is 2.17. The van der Waals surface area contributed by atoms with Crippen LogP contribution >= 0.6 is 0 Å². The summed E-state index contributed by atoms with van der Waals surface area (Å²) in [6.07, 6.45) is 10.2. The van der Waals surface area contributed by atoms with Gasteiger partial charge in [-0.15, -0.1) is 0 Å². The molecule has 2 atom stereocenters. The Labute approximate surface area is 152 Å². The number of hydrogen-bond acceptors (Lipinski definition) is 6. The second-order valence-electron chi connectivity index (χ2n) is 7.65. The fourth-order valence-electron chi connectivity index (χ4n) is 4.38. The summed E-state index contributed by atoms with van der Waals surface area (Å²) < 4.78 is 0. The fraction of sp³-hybridized carbons (Fsp3) is 0.526. The smallest absolute Gasteiger partial charge is 0.274 e. The van der Waals surface area contributed by atoms with Crippen LogP contribution in [0, 0.1) is 11.8 Å². The lowest BCUT2D eigenvalue weighted by molar-refractivity contribution is 0.0776. The van der Waals surface area contributed by atoms with E-state index in [9.17, 15) is 4.79 Å². The summed E-state index contributed by atoms with van der Waals surface area (Å²) in [6.45, 7) is 3.49. The van der Waals surface area contributed by atoms with Crippen molar-refractivity contribution in [1.29, 1.82) is 0 Å². The molecule has 1 saturated carbocycles. The first kappa shape index (κ1) is 15.7. The van der Waals surface area contributed by atoms with Crippen LogP contribution in [-0.2, 0) is 0 Å². The lowest BCUT2D eigenvalue weighted by Crippen LogP contribution is -2.34. The van der Waals surface area contributed by atoms with Gasteiger partial charge >= 0.3 is 0 Å². The number of carbonyl (C=O) groups is 1. The van der Waals surface area contributed by atoms with Crippen molar-refractivity contribution in [3.63, 3.8) is 0 Å². The van der Waals surface area contributed by atoms with E-state index < -0.39 is 0 Å². The Morgan fingerprint density at radius 2 is 1.81 bits per heavy atom. The lowest BCUT2D eigenvalue weighted by Gasteiger charge is -2.26. The molecule has 0 radical (unpaired) electrons. The summed E-state index contributed by atoms with van der Waals surface area (Å²) in [7, 11) is 0. The van der Waals surface area contributed by atoms with Crippen LogP contribution in [0.15, 0.2) is 31.0 Å². The van der Waals surface area contributed by atoms with Crippen molar-refractivity contribution in [3.05, 3.63) is 42.4 Å². The summed E-state index contributed by atoms with van der Waals surface area (Å²) in [4.78, 5) is 34.0. The molecule has 2 aromatic heterocycles. The van der Waals surface area contributed by atoms with Gasteiger partial charge in [0.25, 0.3) is 5.91 Å². The van der Waals surface area contributed by atoms with E-state index in [-0.39, 0.29) is 5.91 Å². The first-order chi connectivity index (χ1) is 12.8. The van der Waals surface area contributed by atoms with Crippen LogP contribution in [0.25, 0.3) is 0 Å². The molecule has 7 nitrogen and oxygen atoms in total. The first-order valence-electron chi connectivity index (χ1n) is 9.40. The number of rotatable bonds is 3. The number of nitrogens with zero attached hydrogens (tertiary/aromatic N) is 6. The van der Waals surface area contributed by atoms with Gasteiger partial charge in [-0.3, -0.25) is 9.78 Å². The highest BCUT2D eigenvalue weighted by molar-refractivity contribution is 5.92. The van der Waals surface area contributed by atoms with Crippen LogP contribution in [0.4, 0.5) is 5.82 Å². The Hall–Kier alpha value is -2.57. The van der Waals surface area contributed by atoms with E-state index in [1.165, 1.54) is 25.0 Å². The van der Waals surface area contributed by atoms with Crippen LogP contribution in [-0.4, -0.2) is 56.9 Å². The van der Waals surface area contributed by atoms with Gasteiger partial charge < -0.3 is 9.80 Å². The number of fused-ring (bicyclic) bond motifs is 1. The quantitative estimate of drug-likeness (QED) is 0.839. The minimum Gasteiger partial charge on any atom is -0.356 e. The van der Waals surface area contributed by atoms with Gasteiger partial charge in [-0.1, -0.05) is 6.42 Å². The fourth-order valence-corrected chi connectivity index (χ4v) is 4.38. The van der Waals surface area contributed by atoms with Crippen LogP contribution in [0.5, 0.6) is 0 Å². The first-order valence-corrected chi connectivity index (χ1v) is 9.40. The van der Waals surface area contributed by atoms with Crippen LogP contribution in [0.2, 0.25) is 0 Å². The maximum Gasteiger partial charge on any atom is 0.274 e. The molecule has 0 aromatic carbocycles. The topological polar surface area (TPSA) is 75.1 Å². The van der Waals surface area contributed by atoms with Crippen LogP contribution in [0.1, 0.15) is 41.4 Å². The molecule has 2 unspecified atom stereocenters. The second-order valence-corrected chi connectivity index (χ2v) is 7.65. The highest BCUT2D eigenvalue weighted by Gasteiger charge is 2.42. The van der Waals surface area contributed by atoms with Crippen molar-refractivity contribution in [1.82, 2.24) is 24.8 Å². The molecule has 0 bridgehead atoms. The van der Waals surface area contributed by atoms with Crippen molar-refractivity contribution >= 4 is 11.7 Å². The van der Waals surface area contributed by atoms with Gasteiger partial charge in [0.05, 0.1) is 6.20 Å². The lowest BCUT2D eigenvalue weighted by atomic mass is 9.83. The maximum absolute atomic E-state index is 12.6. The molecule has 3 aliphatic rings. The molecule has 1 amide bonds. The van der Waals surface area contributed by atoms with E-state index in [1.807, 2.05) is 4.90 Å². The molecule has 2 aliphatic heterocycles. The number of aromatic nitrogens is 4. The molecule has 3 fully saturated rings. The van der Waals surface area contributed by atoms with Gasteiger partial charge in [-0.05, 0) is 12.8 Å². The molecule has 26 heavy (non-hydrogen) atoms. The normalized spacial score (nSPS) is 25.2. The zero-order valence-electron chi connectivity index (χ0n) is 14.7. The predicted octanol–water partition coefficient (Wildman–Crippen LogP) is 1.74. The Morgan fingerprint density at radius 1 is 1.00 bits per heavy atom. The number of amides is 1. The largest absolute Gasteiger partial charge is 0.356 e. The van der Waals surface area contributed by atoms with E-state index in [4.69, 9.17) is 0 Å². The Morgan fingerprint density at radius 3 is 2.46 bits per heavy atom. The van der Waals surface area contributed by atoms with Gasteiger partial charge in [0.2, 0.25) is 0 Å². The summed E-state index contributed by atoms with van der Waals surface area (Å²) in [5, 5.41) is 0. The third-order valence-corrected chi connectivity index (χ3v) is 6.08. The van der Waals surface area contributed by atoms with Crippen molar-refractivity contribution in [2.24, 2.45) is 11.8 Å². The predicted molar refractivity (Wildman–Crippen MR) is 95.8 cm³/mol. The summed E-state index contributed by atoms with van der Waals surface area (Å²) >= 11 is 0. The van der Waals surface area contributed by atoms with Crippen molar-refractivity contribution in [3.8, 4) is 0 Å². The molecule has 2 saturated heterocycles. The van der Waals surface area contributed by atoms with Crippen molar-refractivity contribution in [2.45, 2.75) is 25.2 Å². The van der Waals surface area contributed by atoms with Gasteiger partial charge in [-0.2, -0.15) is 0 Å². The van der Waals surface area contributed by atoms with Gasteiger partial charge in [0.15, 0.2) is 0 Å². The standard InChI is InChI=1S/C19H22N6O/c26-19(17-7-20-4-5-21-17)25-10-14-8-24(9-15(14)11-25)18-6-16(22-12-23-18)13-2-1-3-13/h4-7,12-15H,1-3,8-11H2. The van der Waals surface area contributed by atoms with E-state index in [2.05, 4.69) is 30.9 Å². The molecule has 2 aromatic rings. The van der Waals surface area contributed by atoms with E-state index >= 15 is 0 Å². The van der Waals surface area contributed by atoms with Crippen molar-refractivity contribution < 1.29 is 4.79 Å². The van der Waals surface area contributed by atoms with E-state index in [0.29, 0.717) is 23.4 Å². The number of likely N-dealkylation sites (tertiary alicyclic amines) is 1. The molecule has 134 valence electrons. The Bertz CT molecular complexity index is 795. The summed E-state index contributed by atoms with van der Waals surface area (Å²) in [5.74, 6) is 2.66. The van der Waals surface area contributed by atoms with Crippen molar-refractivity contribution in [2.75, 3.05) is 31.1 Å².